The highest BCUT2D eigenvalue weighted by atomic mass is 35.5. The van der Waals surface area contributed by atoms with Crippen molar-refractivity contribution in [2.75, 3.05) is 10.8 Å². The van der Waals surface area contributed by atoms with Gasteiger partial charge in [-0.15, -0.1) is 0 Å². The van der Waals surface area contributed by atoms with Crippen LogP contribution in [0.3, 0.4) is 0 Å². The van der Waals surface area contributed by atoms with Gasteiger partial charge in [-0.05, 0) is 79.1 Å². The molecule has 0 unspecified atom stereocenters. The molecule has 1 aliphatic heterocycles. The Kier molecular flexibility index (Phi) is 8.82. The Balaban J connectivity index is 1.51. The third-order valence-electron chi connectivity index (χ3n) is 8.48. The summed E-state index contributed by atoms with van der Waals surface area (Å²) in [6.07, 6.45) is -0.971. The summed E-state index contributed by atoms with van der Waals surface area (Å²) in [5, 5.41) is 9.21. The van der Waals surface area contributed by atoms with Gasteiger partial charge in [0.05, 0.1) is 34.5 Å². The Hall–Kier alpha value is -3.25. The van der Waals surface area contributed by atoms with Gasteiger partial charge in [0.2, 0.25) is 10.0 Å². The molecule has 3 aromatic carbocycles. The number of halogens is 4. The number of nitrogens with zero attached hydrogens (tertiary/aromatic N) is 2. The first kappa shape index (κ1) is 31.7. The molecule has 0 bridgehead atoms. The minimum absolute atomic E-state index is 0.121. The van der Waals surface area contributed by atoms with Crippen molar-refractivity contribution >= 4 is 50.8 Å². The number of sulfonamides is 1. The second-order valence-corrected chi connectivity index (χ2v) is 14.6. The lowest BCUT2D eigenvalue weighted by Crippen LogP contribution is -2.57. The molecule has 1 heterocycles. The lowest BCUT2D eigenvalue weighted by atomic mass is 9.90. The maximum Gasteiger partial charge on any atom is 0.306 e. The summed E-state index contributed by atoms with van der Waals surface area (Å²) in [6, 6.07) is 14.3. The van der Waals surface area contributed by atoms with E-state index in [-0.39, 0.29) is 23.2 Å². The molecule has 238 valence electrons. The number of ether oxygens (including phenoxy) is 1. The van der Waals surface area contributed by atoms with Crippen LogP contribution in [0.15, 0.2) is 66.7 Å². The number of amides is 1. The van der Waals surface area contributed by atoms with E-state index in [9.17, 15) is 27.5 Å². The van der Waals surface area contributed by atoms with Gasteiger partial charge >= 0.3 is 5.97 Å². The fraction of sp³-hybridized carbons (Fsp3) is 0.375. The van der Waals surface area contributed by atoms with Crippen LogP contribution in [0, 0.1) is 17.6 Å². The molecule has 2 aliphatic carbocycles. The third kappa shape index (κ3) is 6.54. The lowest BCUT2D eigenvalue weighted by Gasteiger charge is -2.47. The van der Waals surface area contributed by atoms with E-state index >= 15 is 4.39 Å². The number of benzene rings is 3. The molecule has 4 atom stereocenters. The van der Waals surface area contributed by atoms with E-state index in [2.05, 4.69) is 0 Å². The predicted octanol–water partition coefficient (Wildman–Crippen LogP) is 6.53. The Bertz CT molecular complexity index is 1740. The van der Waals surface area contributed by atoms with Gasteiger partial charge in [-0.25, -0.2) is 17.2 Å². The molecule has 2 saturated carbocycles. The normalized spacial score (nSPS) is 22.7. The molecule has 1 N–H and O–H groups in total. The van der Waals surface area contributed by atoms with Crippen LogP contribution < -0.4 is 4.31 Å². The van der Waals surface area contributed by atoms with Crippen molar-refractivity contribution < 1.29 is 36.6 Å². The monoisotopic (exact) mass is 678 g/mol. The maximum absolute atomic E-state index is 15.4. The number of hydrogen-bond donors (Lipinski definition) is 1. The maximum atomic E-state index is 15.4. The zero-order valence-electron chi connectivity index (χ0n) is 23.9. The Labute approximate surface area is 269 Å². The summed E-state index contributed by atoms with van der Waals surface area (Å²) < 4.78 is 65.6. The molecule has 1 saturated heterocycles. The first-order valence-corrected chi connectivity index (χ1v) is 16.9. The summed E-state index contributed by atoms with van der Waals surface area (Å²) in [4.78, 5) is 27.4. The molecule has 0 spiro atoms. The van der Waals surface area contributed by atoms with Crippen molar-refractivity contribution in [1.82, 2.24) is 4.90 Å². The smallest absolute Gasteiger partial charge is 0.306 e. The second kappa shape index (κ2) is 12.5. The van der Waals surface area contributed by atoms with Gasteiger partial charge in [0, 0.05) is 11.6 Å². The van der Waals surface area contributed by atoms with E-state index < -0.39 is 69.5 Å². The van der Waals surface area contributed by atoms with Crippen LogP contribution in [0.4, 0.5) is 14.5 Å². The van der Waals surface area contributed by atoms with Crippen LogP contribution >= 0.6 is 23.2 Å². The summed E-state index contributed by atoms with van der Waals surface area (Å²) in [5.74, 6) is -3.67. The van der Waals surface area contributed by atoms with Crippen molar-refractivity contribution in [3.05, 3.63) is 99.5 Å². The first-order valence-electron chi connectivity index (χ1n) is 14.6. The number of para-hydroxylation sites is 1. The van der Waals surface area contributed by atoms with Crippen molar-refractivity contribution in [3.63, 3.8) is 0 Å². The SMILES string of the molecule is O=C(O)C[C@H]1O[C@H](c2cccc(Cl)c2)[C@@H](c2ccc(Cl)c(F)c2)N(C[C@H](C2CC2)N(c2ccccc2F)S(=O)(=O)C2CC2)C1=O. The van der Waals surface area contributed by atoms with Gasteiger partial charge in [-0.3, -0.25) is 13.9 Å². The van der Waals surface area contributed by atoms with Crippen LogP contribution in [-0.2, 0) is 24.3 Å². The molecule has 0 radical (unpaired) electrons. The average molecular weight is 680 g/mol. The van der Waals surface area contributed by atoms with Crippen molar-refractivity contribution in [2.24, 2.45) is 5.92 Å². The molecular weight excluding hydrogens is 649 g/mol. The van der Waals surface area contributed by atoms with Crippen molar-refractivity contribution in [1.29, 1.82) is 0 Å². The van der Waals surface area contributed by atoms with Gasteiger partial charge in [0.1, 0.15) is 23.8 Å². The molecule has 3 aromatic rings. The van der Waals surface area contributed by atoms with E-state index in [0.29, 0.717) is 41.8 Å². The second-order valence-electron chi connectivity index (χ2n) is 11.7. The molecule has 45 heavy (non-hydrogen) atoms. The topological polar surface area (TPSA) is 104 Å². The summed E-state index contributed by atoms with van der Waals surface area (Å²) in [7, 11) is -4.04. The summed E-state index contributed by atoms with van der Waals surface area (Å²) >= 11 is 12.3. The molecule has 13 heteroatoms. The van der Waals surface area contributed by atoms with Gasteiger partial charge < -0.3 is 14.7 Å². The zero-order valence-corrected chi connectivity index (χ0v) is 26.2. The number of carbonyl (C=O) groups excluding carboxylic acids is 1. The van der Waals surface area contributed by atoms with Crippen molar-refractivity contribution in [3.8, 4) is 0 Å². The number of carboxylic acids is 1. The van der Waals surface area contributed by atoms with Crippen LogP contribution in [0.5, 0.6) is 0 Å². The lowest BCUT2D eigenvalue weighted by molar-refractivity contribution is -0.179. The predicted molar refractivity (Wildman–Crippen MR) is 165 cm³/mol. The van der Waals surface area contributed by atoms with E-state index in [1.54, 1.807) is 30.3 Å². The van der Waals surface area contributed by atoms with E-state index in [0.717, 1.165) is 4.31 Å². The van der Waals surface area contributed by atoms with E-state index in [4.69, 9.17) is 27.9 Å². The van der Waals surface area contributed by atoms with Gasteiger partial charge in [-0.2, -0.15) is 0 Å². The van der Waals surface area contributed by atoms with Crippen LogP contribution in [-0.4, -0.2) is 54.2 Å². The van der Waals surface area contributed by atoms with Gasteiger partial charge in [0.25, 0.3) is 5.91 Å². The molecule has 3 aliphatic rings. The number of aliphatic carboxylic acids is 1. The zero-order chi connectivity index (χ0) is 32.0. The minimum atomic E-state index is -4.04. The highest BCUT2D eigenvalue weighted by molar-refractivity contribution is 7.93. The van der Waals surface area contributed by atoms with E-state index in [1.165, 1.54) is 41.3 Å². The van der Waals surface area contributed by atoms with Gasteiger partial charge in [0.15, 0.2) is 0 Å². The number of hydrogen-bond acceptors (Lipinski definition) is 5. The summed E-state index contributed by atoms with van der Waals surface area (Å²) in [5.41, 5.74) is 0.667. The van der Waals surface area contributed by atoms with Gasteiger partial charge in [-0.1, -0.05) is 53.5 Å². The Morgan fingerprint density at radius 2 is 1.71 bits per heavy atom. The van der Waals surface area contributed by atoms with Crippen LogP contribution in [0.2, 0.25) is 10.0 Å². The molecule has 0 aromatic heterocycles. The molecule has 6 rings (SSSR count). The minimum Gasteiger partial charge on any atom is -0.481 e. The molecular formula is C32H30Cl2F2N2O6S. The number of anilines is 1. The average Bonchev–Trinajstić information content (AvgIpc) is 3.90. The summed E-state index contributed by atoms with van der Waals surface area (Å²) in [6.45, 7) is -0.227. The largest absolute Gasteiger partial charge is 0.481 e. The standard InChI is InChI=1S/C32H30Cl2F2N2O6S/c33-21-5-3-4-20(14-21)31-30(19-10-13-23(34)25(36)15-19)37(32(41)28(44-31)16-29(39)40)17-27(18-8-9-18)38(45(42,43)22-11-12-22)26-7-2-1-6-24(26)35/h1-7,10,13-15,18,22,27-28,30-31H,8-9,11-12,16-17H2,(H,39,40)/t27-,28-,30-,31-/m1/s1. The molecule has 3 fully saturated rings. The first-order chi connectivity index (χ1) is 21.5. The van der Waals surface area contributed by atoms with Crippen molar-refractivity contribution in [2.45, 2.75) is 61.6 Å². The number of carbonyl (C=O) groups is 2. The van der Waals surface area contributed by atoms with Crippen LogP contribution in [0.25, 0.3) is 0 Å². The molecule has 8 nitrogen and oxygen atoms in total. The Morgan fingerprint density at radius 3 is 2.33 bits per heavy atom. The fourth-order valence-electron chi connectivity index (χ4n) is 6.05. The highest BCUT2D eigenvalue weighted by Gasteiger charge is 2.51. The number of carboxylic acid groups (broad SMARTS) is 1. The molecule has 1 amide bonds. The Morgan fingerprint density at radius 1 is 0.978 bits per heavy atom. The number of morpholine rings is 1. The fourth-order valence-corrected chi connectivity index (χ4v) is 8.45. The number of rotatable bonds is 11. The van der Waals surface area contributed by atoms with E-state index in [1.807, 2.05) is 0 Å². The van der Waals surface area contributed by atoms with Crippen LogP contribution in [0.1, 0.15) is 55.4 Å². The highest BCUT2D eigenvalue weighted by Crippen LogP contribution is 2.47. The third-order valence-corrected chi connectivity index (χ3v) is 11.3. The quantitative estimate of drug-likeness (QED) is 0.247.